The summed E-state index contributed by atoms with van der Waals surface area (Å²) < 4.78 is 18.4. The highest BCUT2D eigenvalue weighted by atomic mass is 79.9. The van der Waals surface area contributed by atoms with Crippen LogP contribution in [0.5, 0.6) is 5.75 Å². The van der Waals surface area contributed by atoms with Crippen molar-refractivity contribution in [3.05, 3.63) is 60.8 Å². The van der Waals surface area contributed by atoms with Crippen LogP contribution < -0.4 is 10.5 Å². The number of rotatable bonds is 4. The predicted octanol–water partition coefficient (Wildman–Crippen LogP) is 3.97. The Labute approximate surface area is 143 Å². The van der Waals surface area contributed by atoms with E-state index in [0.717, 1.165) is 18.2 Å². The Morgan fingerprint density at radius 2 is 2.09 bits per heavy atom. The van der Waals surface area contributed by atoms with Crippen molar-refractivity contribution in [3.8, 4) is 5.75 Å². The van der Waals surface area contributed by atoms with Crippen molar-refractivity contribution in [1.82, 2.24) is 0 Å². The number of nitrogens with zero attached hydrogens (tertiary/aromatic N) is 1. The zero-order valence-electron chi connectivity index (χ0n) is 11.6. The average Bonchev–Trinajstić information content (AvgIpc) is 2.48. The summed E-state index contributed by atoms with van der Waals surface area (Å²) in [6.45, 7) is 0. The molecule has 2 aromatic carbocycles. The number of nitrogen functional groups attached to an aromatic ring is 1. The number of ether oxygens (including phenoxy) is 1. The molecule has 0 aliphatic rings. The molecule has 0 amide bonds. The van der Waals surface area contributed by atoms with Gasteiger partial charge >= 0.3 is 0 Å². The molecule has 0 spiro atoms. The Kier molecular flexibility index (Phi) is 4.86. The highest BCUT2D eigenvalue weighted by molar-refractivity contribution is 9.10. The standard InChI is InChI=1S/C14H9BrClFN2O4/c1-23-14-9(18)5-10(19(21)22)11(12(14)15)13(20)7-4-6(17)2-3-8(7)16/h2-5H,18H2,1H3. The number of benzene rings is 2. The molecule has 0 atom stereocenters. The number of nitro groups is 1. The number of hydrogen-bond acceptors (Lipinski definition) is 5. The molecule has 0 aromatic heterocycles. The number of anilines is 1. The van der Waals surface area contributed by atoms with Gasteiger partial charge in [-0.15, -0.1) is 0 Å². The minimum atomic E-state index is -0.827. The van der Waals surface area contributed by atoms with Gasteiger partial charge in [-0.3, -0.25) is 14.9 Å². The highest BCUT2D eigenvalue weighted by Crippen LogP contribution is 2.41. The third-order valence-electron chi connectivity index (χ3n) is 3.03. The van der Waals surface area contributed by atoms with Crippen LogP contribution in [0.15, 0.2) is 28.7 Å². The quantitative estimate of drug-likeness (QED) is 0.361. The molecule has 0 radical (unpaired) electrons. The summed E-state index contributed by atoms with van der Waals surface area (Å²) in [5.74, 6) is -1.46. The molecule has 23 heavy (non-hydrogen) atoms. The highest BCUT2D eigenvalue weighted by Gasteiger charge is 2.30. The summed E-state index contributed by atoms with van der Waals surface area (Å²) >= 11 is 8.99. The molecule has 0 fully saturated rings. The summed E-state index contributed by atoms with van der Waals surface area (Å²) in [4.78, 5) is 23.1. The van der Waals surface area contributed by atoms with E-state index in [1.807, 2.05) is 0 Å². The second kappa shape index (κ2) is 6.51. The van der Waals surface area contributed by atoms with E-state index in [1.165, 1.54) is 13.2 Å². The van der Waals surface area contributed by atoms with Crippen LogP contribution in [0.4, 0.5) is 15.8 Å². The van der Waals surface area contributed by atoms with Crippen molar-refractivity contribution >= 4 is 44.7 Å². The number of methoxy groups -OCH3 is 1. The molecule has 9 heteroatoms. The lowest BCUT2D eigenvalue weighted by atomic mass is 10.0. The summed E-state index contributed by atoms with van der Waals surface area (Å²) in [5, 5.41) is 11.2. The first-order chi connectivity index (χ1) is 10.8. The number of nitrogens with two attached hydrogens (primary N) is 1. The van der Waals surface area contributed by atoms with Crippen molar-refractivity contribution in [2.24, 2.45) is 0 Å². The molecule has 6 nitrogen and oxygen atoms in total. The number of carbonyl (C=O) groups is 1. The van der Waals surface area contributed by atoms with Gasteiger partial charge in [0, 0.05) is 11.6 Å². The summed E-state index contributed by atoms with van der Waals surface area (Å²) in [6, 6.07) is 4.18. The fourth-order valence-electron chi connectivity index (χ4n) is 2.01. The predicted molar refractivity (Wildman–Crippen MR) is 86.6 cm³/mol. The van der Waals surface area contributed by atoms with E-state index in [0.29, 0.717) is 0 Å². The van der Waals surface area contributed by atoms with Gasteiger partial charge in [0.15, 0.2) is 5.75 Å². The van der Waals surface area contributed by atoms with Crippen LogP contribution in [-0.2, 0) is 0 Å². The first kappa shape index (κ1) is 17.2. The SMILES string of the molecule is COc1c(N)cc([N+](=O)[O-])c(C(=O)c2cc(F)ccc2Cl)c1Br. The number of hydrogen-bond donors (Lipinski definition) is 1. The first-order valence-corrected chi connectivity index (χ1v) is 7.25. The second-order valence-corrected chi connectivity index (χ2v) is 5.62. The van der Waals surface area contributed by atoms with Crippen molar-refractivity contribution in [2.75, 3.05) is 12.8 Å². The van der Waals surface area contributed by atoms with Gasteiger partial charge in [0.1, 0.15) is 11.4 Å². The van der Waals surface area contributed by atoms with Crippen LogP contribution in [0.1, 0.15) is 15.9 Å². The maximum Gasteiger partial charge on any atom is 0.284 e. The van der Waals surface area contributed by atoms with Crippen LogP contribution in [-0.4, -0.2) is 17.8 Å². The molecule has 0 saturated carbocycles. The largest absolute Gasteiger partial charge is 0.493 e. The van der Waals surface area contributed by atoms with Crippen LogP contribution in [0, 0.1) is 15.9 Å². The monoisotopic (exact) mass is 402 g/mol. The van der Waals surface area contributed by atoms with Crippen LogP contribution in [0.25, 0.3) is 0 Å². The molecule has 0 aliphatic carbocycles. The summed E-state index contributed by atoms with van der Waals surface area (Å²) in [7, 11) is 1.30. The van der Waals surface area contributed by atoms with Crippen LogP contribution in [0.2, 0.25) is 5.02 Å². The van der Waals surface area contributed by atoms with Gasteiger partial charge in [0.25, 0.3) is 5.69 Å². The molecular formula is C14H9BrClFN2O4. The van der Waals surface area contributed by atoms with E-state index in [2.05, 4.69) is 15.9 Å². The minimum absolute atomic E-state index is 0.00275. The van der Waals surface area contributed by atoms with E-state index in [9.17, 15) is 19.3 Å². The summed E-state index contributed by atoms with van der Waals surface area (Å²) in [5.41, 5.74) is 4.58. The topological polar surface area (TPSA) is 95.5 Å². The molecule has 0 unspecified atom stereocenters. The molecule has 0 heterocycles. The molecule has 0 saturated heterocycles. The maximum atomic E-state index is 13.4. The average molecular weight is 404 g/mol. The van der Waals surface area contributed by atoms with E-state index < -0.39 is 22.2 Å². The van der Waals surface area contributed by atoms with E-state index in [1.54, 1.807) is 0 Å². The van der Waals surface area contributed by atoms with Gasteiger partial charge in [-0.1, -0.05) is 11.6 Å². The molecule has 2 aromatic rings. The van der Waals surface area contributed by atoms with Crippen LogP contribution in [0.3, 0.4) is 0 Å². The molecular weight excluding hydrogens is 395 g/mol. The Balaban J connectivity index is 2.77. The first-order valence-electron chi connectivity index (χ1n) is 6.08. The lowest BCUT2D eigenvalue weighted by molar-refractivity contribution is -0.385. The smallest absolute Gasteiger partial charge is 0.284 e. The lowest BCUT2D eigenvalue weighted by Crippen LogP contribution is -2.10. The molecule has 0 aliphatic heterocycles. The molecule has 120 valence electrons. The van der Waals surface area contributed by atoms with Crippen LogP contribution >= 0.6 is 27.5 Å². The van der Waals surface area contributed by atoms with Gasteiger partial charge in [-0.2, -0.15) is 0 Å². The lowest BCUT2D eigenvalue weighted by Gasteiger charge is -2.12. The Hall–Kier alpha value is -2.19. The van der Waals surface area contributed by atoms with E-state index >= 15 is 0 Å². The Morgan fingerprint density at radius 3 is 2.65 bits per heavy atom. The van der Waals surface area contributed by atoms with E-state index in [-0.39, 0.29) is 32.1 Å². The fraction of sp³-hybridized carbons (Fsp3) is 0.0714. The fourth-order valence-corrected chi connectivity index (χ4v) is 2.99. The van der Waals surface area contributed by atoms with Gasteiger partial charge < -0.3 is 10.5 Å². The van der Waals surface area contributed by atoms with Gasteiger partial charge in [-0.05, 0) is 34.1 Å². The number of ketones is 1. The van der Waals surface area contributed by atoms with Crippen molar-refractivity contribution in [1.29, 1.82) is 0 Å². The number of carbonyl (C=O) groups excluding carboxylic acids is 1. The van der Waals surface area contributed by atoms with Crippen molar-refractivity contribution < 1.29 is 18.8 Å². The maximum absolute atomic E-state index is 13.4. The molecule has 2 rings (SSSR count). The number of halogens is 3. The van der Waals surface area contributed by atoms with Crippen molar-refractivity contribution in [2.45, 2.75) is 0 Å². The van der Waals surface area contributed by atoms with Crippen molar-refractivity contribution in [3.63, 3.8) is 0 Å². The van der Waals surface area contributed by atoms with Gasteiger partial charge in [0.05, 0.1) is 27.2 Å². The third-order valence-corrected chi connectivity index (χ3v) is 4.12. The van der Waals surface area contributed by atoms with Gasteiger partial charge in [-0.25, -0.2) is 4.39 Å². The molecule has 0 bridgehead atoms. The molecule has 2 N–H and O–H groups in total. The summed E-state index contributed by atoms with van der Waals surface area (Å²) in [6.07, 6.45) is 0. The second-order valence-electron chi connectivity index (χ2n) is 4.42. The Bertz CT molecular complexity index is 829. The zero-order chi connectivity index (χ0) is 17.3. The third kappa shape index (κ3) is 3.13. The van der Waals surface area contributed by atoms with E-state index in [4.69, 9.17) is 22.1 Å². The minimum Gasteiger partial charge on any atom is -0.493 e. The normalized spacial score (nSPS) is 10.4. The number of nitro benzene ring substituents is 1. The van der Waals surface area contributed by atoms with Gasteiger partial charge in [0.2, 0.25) is 5.78 Å². The Morgan fingerprint density at radius 1 is 1.43 bits per heavy atom. The zero-order valence-corrected chi connectivity index (χ0v) is 13.9.